The SMILES string of the molecule is COc1c(C)c2c(c(O)c1CC=C1CCCCC1[C@@H](C)C(=O)O)C(=O)OC2. The highest BCUT2D eigenvalue weighted by Gasteiger charge is 2.33. The minimum atomic E-state index is -0.788. The van der Waals surface area contributed by atoms with E-state index in [4.69, 9.17) is 9.47 Å². The van der Waals surface area contributed by atoms with Gasteiger partial charge in [-0.25, -0.2) is 4.79 Å². The summed E-state index contributed by atoms with van der Waals surface area (Å²) in [6.07, 6.45) is 6.17. The molecule has 27 heavy (non-hydrogen) atoms. The maximum absolute atomic E-state index is 12.0. The number of hydrogen-bond acceptors (Lipinski definition) is 5. The van der Waals surface area contributed by atoms with Crippen LogP contribution in [0.25, 0.3) is 0 Å². The van der Waals surface area contributed by atoms with E-state index in [1.165, 1.54) is 0 Å². The van der Waals surface area contributed by atoms with Crippen LogP contribution in [0.5, 0.6) is 11.5 Å². The molecule has 1 saturated carbocycles. The number of benzene rings is 1. The first kappa shape index (κ1) is 19.3. The Kier molecular flexibility index (Phi) is 5.44. The van der Waals surface area contributed by atoms with Gasteiger partial charge in [0.1, 0.15) is 23.7 Å². The van der Waals surface area contributed by atoms with Crippen molar-refractivity contribution in [2.24, 2.45) is 11.8 Å². The molecule has 0 bridgehead atoms. The summed E-state index contributed by atoms with van der Waals surface area (Å²) in [5.41, 5.74) is 3.34. The number of phenolic OH excluding ortho intramolecular Hbond substituents is 1. The molecule has 0 amide bonds. The molecule has 2 aliphatic rings. The molecule has 2 N–H and O–H groups in total. The zero-order chi connectivity index (χ0) is 19.7. The van der Waals surface area contributed by atoms with Crippen LogP contribution >= 0.6 is 0 Å². The van der Waals surface area contributed by atoms with Gasteiger partial charge in [0, 0.05) is 11.1 Å². The number of allylic oxidation sites excluding steroid dienone is 2. The van der Waals surface area contributed by atoms with Crippen molar-refractivity contribution in [1.82, 2.24) is 0 Å². The number of carbonyl (C=O) groups is 2. The summed E-state index contributed by atoms with van der Waals surface area (Å²) in [6, 6.07) is 0. The van der Waals surface area contributed by atoms with Crippen LogP contribution < -0.4 is 4.74 Å². The molecule has 1 heterocycles. The van der Waals surface area contributed by atoms with Gasteiger partial charge in [-0.3, -0.25) is 4.79 Å². The van der Waals surface area contributed by atoms with Crippen LogP contribution in [-0.4, -0.2) is 29.3 Å². The summed E-state index contributed by atoms with van der Waals surface area (Å²) in [5, 5.41) is 20.1. The van der Waals surface area contributed by atoms with Crippen molar-refractivity contribution in [1.29, 1.82) is 0 Å². The normalized spacial score (nSPS) is 21.7. The van der Waals surface area contributed by atoms with Gasteiger partial charge in [0.15, 0.2) is 0 Å². The Hall–Kier alpha value is -2.50. The summed E-state index contributed by atoms with van der Waals surface area (Å²) in [7, 11) is 1.54. The van der Waals surface area contributed by atoms with Crippen LogP contribution in [-0.2, 0) is 22.6 Å². The lowest BCUT2D eigenvalue weighted by Crippen LogP contribution is -2.24. The number of methoxy groups -OCH3 is 1. The zero-order valence-electron chi connectivity index (χ0n) is 16.0. The average molecular weight is 374 g/mol. The highest BCUT2D eigenvalue weighted by Crippen LogP contribution is 2.43. The molecule has 1 aliphatic carbocycles. The molecular weight excluding hydrogens is 348 g/mol. The van der Waals surface area contributed by atoms with E-state index in [9.17, 15) is 19.8 Å². The molecule has 6 nitrogen and oxygen atoms in total. The molecule has 1 aromatic carbocycles. The van der Waals surface area contributed by atoms with Gasteiger partial charge in [-0.1, -0.05) is 25.0 Å². The van der Waals surface area contributed by atoms with Crippen LogP contribution in [0, 0.1) is 18.8 Å². The molecular formula is C21H26O6. The molecule has 1 aliphatic heterocycles. The number of esters is 1. The number of fused-ring (bicyclic) bond motifs is 1. The van der Waals surface area contributed by atoms with E-state index < -0.39 is 17.9 Å². The number of carbonyl (C=O) groups excluding carboxylic acids is 1. The van der Waals surface area contributed by atoms with Crippen molar-refractivity contribution in [3.05, 3.63) is 33.9 Å². The Balaban J connectivity index is 1.99. The van der Waals surface area contributed by atoms with Gasteiger partial charge in [0.2, 0.25) is 0 Å². The van der Waals surface area contributed by atoms with Crippen LogP contribution in [0.15, 0.2) is 11.6 Å². The Morgan fingerprint density at radius 1 is 1.41 bits per heavy atom. The largest absolute Gasteiger partial charge is 0.507 e. The molecule has 6 heteroatoms. The van der Waals surface area contributed by atoms with Crippen LogP contribution in [0.2, 0.25) is 0 Å². The van der Waals surface area contributed by atoms with Crippen LogP contribution in [0.3, 0.4) is 0 Å². The monoisotopic (exact) mass is 374 g/mol. The van der Waals surface area contributed by atoms with E-state index in [2.05, 4.69) is 0 Å². The fraction of sp³-hybridized carbons (Fsp3) is 0.524. The molecule has 1 unspecified atom stereocenters. The van der Waals surface area contributed by atoms with Crippen LogP contribution in [0.4, 0.5) is 0 Å². The molecule has 0 radical (unpaired) electrons. The maximum atomic E-state index is 12.0. The summed E-state index contributed by atoms with van der Waals surface area (Å²) in [4.78, 5) is 23.5. The first-order valence-electron chi connectivity index (χ1n) is 9.36. The van der Waals surface area contributed by atoms with Gasteiger partial charge in [0.05, 0.1) is 13.0 Å². The Morgan fingerprint density at radius 2 is 2.15 bits per heavy atom. The number of carboxylic acids is 1. The fourth-order valence-corrected chi connectivity index (χ4v) is 4.32. The predicted molar refractivity (Wildman–Crippen MR) is 99.1 cm³/mol. The van der Waals surface area contributed by atoms with Gasteiger partial charge < -0.3 is 19.7 Å². The minimum absolute atomic E-state index is 0.00452. The number of rotatable bonds is 5. The van der Waals surface area contributed by atoms with Crippen molar-refractivity contribution < 1.29 is 29.3 Å². The number of carboxylic acid groups (broad SMARTS) is 1. The molecule has 1 fully saturated rings. The highest BCUT2D eigenvalue weighted by atomic mass is 16.5. The molecule has 1 aromatic rings. The van der Waals surface area contributed by atoms with Crippen LogP contribution in [0.1, 0.15) is 59.7 Å². The van der Waals surface area contributed by atoms with Crippen molar-refractivity contribution in [2.45, 2.75) is 52.6 Å². The minimum Gasteiger partial charge on any atom is -0.507 e. The Labute approximate surface area is 158 Å². The topological polar surface area (TPSA) is 93.1 Å². The summed E-state index contributed by atoms with van der Waals surface area (Å²) >= 11 is 0. The maximum Gasteiger partial charge on any atom is 0.342 e. The number of hydrogen-bond donors (Lipinski definition) is 2. The third-order valence-electron chi connectivity index (χ3n) is 5.92. The second-order valence-electron chi connectivity index (χ2n) is 7.38. The van der Waals surface area contributed by atoms with E-state index in [1.54, 1.807) is 14.0 Å². The first-order valence-corrected chi connectivity index (χ1v) is 9.36. The first-order chi connectivity index (χ1) is 12.9. The van der Waals surface area contributed by atoms with Crippen molar-refractivity contribution in [2.75, 3.05) is 7.11 Å². The Morgan fingerprint density at radius 3 is 2.81 bits per heavy atom. The van der Waals surface area contributed by atoms with Crippen molar-refractivity contribution >= 4 is 11.9 Å². The van der Waals surface area contributed by atoms with Gasteiger partial charge in [-0.05, 0) is 44.1 Å². The molecule has 0 saturated heterocycles. The van der Waals surface area contributed by atoms with E-state index in [0.717, 1.165) is 36.8 Å². The molecule has 0 spiro atoms. The summed E-state index contributed by atoms with van der Waals surface area (Å²) < 4.78 is 10.6. The fourth-order valence-electron chi connectivity index (χ4n) is 4.32. The second-order valence-corrected chi connectivity index (χ2v) is 7.38. The summed E-state index contributed by atoms with van der Waals surface area (Å²) in [6.45, 7) is 3.74. The lowest BCUT2D eigenvalue weighted by molar-refractivity contribution is -0.142. The van der Waals surface area contributed by atoms with Gasteiger partial charge in [0.25, 0.3) is 0 Å². The molecule has 146 valence electrons. The molecule has 0 aromatic heterocycles. The Bertz CT molecular complexity index is 808. The molecule has 3 rings (SSSR count). The second kappa shape index (κ2) is 7.62. The molecule has 2 atom stereocenters. The smallest absolute Gasteiger partial charge is 0.342 e. The third kappa shape index (κ3) is 3.40. The van der Waals surface area contributed by atoms with Gasteiger partial charge >= 0.3 is 11.9 Å². The standard InChI is InChI=1S/C21H26O6/c1-11-16-10-27-21(25)17(16)18(22)15(19(11)26-3)9-8-13-6-4-5-7-14(13)12(2)20(23)24/h8,12,14,22H,4-7,9-10H2,1-3H3,(H,23,24)/t12-,14?/m1/s1. The number of aliphatic carboxylic acids is 1. The van der Waals surface area contributed by atoms with E-state index in [0.29, 0.717) is 23.3 Å². The van der Waals surface area contributed by atoms with E-state index in [1.807, 2.05) is 13.0 Å². The number of cyclic esters (lactones) is 1. The zero-order valence-corrected chi connectivity index (χ0v) is 16.0. The van der Waals surface area contributed by atoms with Gasteiger partial charge in [-0.2, -0.15) is 0 Å². The van der Waals surface area contributed by atoms with Crippen molar-refractivity contribution in [3.8, 4) is 11.5 Å². The van der Waals surface area contributed by atoms with E-state index in [-0.39, 0.29) is 23.8 Å². The number of ether oxygens (including phenoxy) is 2. The quantitative estimate of drug-likeness (QED) is 0.602. The third-order valence-corrected chi connectivity index (χ3v) is 5.92. The summed E-state index contributed by atoms with van der Waals surface area (Å²) in [5.74, 6) is -1.28. The lowest BCUT2D eigenvalue weighted by Gasteiger charge is -2.28. The average Bonchev–Trinajstić information content (AvgIpc) is 3.05. The predicted octanol–water partition coefficient (Wildman–Crippen LogP) is 3.76. The highest BCUT2D eigenvalue weighted by molar-refractivity contribution is 5.98. The number of aromatic hydroxyl groups is 1. The van der Waals surface area contributed by atoms with E-state index >= 15 is 0 Å². The number of phenols is 1. The lowest BCUT2D eigenvalue weighted by atomic mass is 9.76. The van der Waals surface area contributed by atoms with Crippen molar-refractivity contribution in [3.63, 3.8) is 0 Å². The van der Waals surface area contributed by atoms with Gasteiger partial charge in [-0.15, -0.1) is 0 Å².